The average molecular weight is 312 g/mol. The van der Waals surface area contributed by atoms with Gasteiger partial charge in [-0.25, -0.2) is 4.98 Å². The molecule has 116 valence electrons. The summed E-state index contributed by atoms with van der Waals surface area (Å²) in [6.07, 6.45) is -3.19. The Morgan fingerprint density at radius 1 is 1.23 bits per heavy atom. The van der Waals surface area contributed by atoms with E-state index in [1.54, 1.807) is 0 Å². The zero-order valence-corrected chi connectivity index (χ0v) is 11.3. The lowest BCUT2D eigenvalue weighted by Crippen LogP contribution is -2.14. The molecule has 8 heteroatoms. The summed E-state index contributed by atoms with van der Waals surface area (Å²) in [5.41, 5.74) is -0.978. The zero-order valence-electron chi connectivity index (χ0n) is 11.3. The first-order valence-corrected chi connectivity index (χ1v) is 6.03. The number of nitrogens with zero attached hydrogens (tertiary/aromatic N) is 1. The number of benzene rings is 1. The molecule has 0 aliphatic rings. The fourth-order valence-corrected chi connectivity index (χ4v) is 1.70. The van der Waals surface area contributed by atoms with Gasteiger partial charge < -0.3 is 15.2 Å². The number of methoxy groups -OCH3 is 1. The van der Waals surface area contributed by atoms with E-state index in [4.69, 9.17) is 4.74 Å². The second-order valence-corrected chi connectivity index (χ2v) is 4.24. The van der Waals surface area contributed by atoms with Crippen LogP contribution >= 0.6 is 0 Å². The van der Waals surface area contributed by atoms with Crippen molar-refractivity contribution in [3.8, 4) is 11.5 Å². The van der Waals surface area contributed by atoms with Gasteiger partial charge in [-0.05, 0) is 24.3 Å². The van der Waals surface area contributed by atoms with Crippen molar-refractivity contribution in [2.75, 3.05) is 12.4 Å². The maximum absolute atomic E-state index is 12.4. The van der Waals surface area contributed by atoms with Crippen molar-refractivity contribution < 1.29 is 27.8 Å². The number of alkyl halides is 3. The molecule has 2 rings (SSSR count). The Morgan fingerprint density at radius 2 is 1.86 bits per heavy atom. The number of carbonyl (C=O) groups is 1. The second kappa shape index (κ2) is 5.92. The van der Waals surface area contributed by atoms with Crippen molar-refractivity contribution >= 4 is 11.6 Å². The van der Waals surface area contributed by atoms with Gasteiger partial charge in [0, 0.05) is 18.0 Å². The number of pyridine rings is 1. The van der Waals surface area contributed by atoms with Crippen LogP contribution in [0.3, 0.4) is 0 Å². The van der Waals surface area contributed by atoms with E-state index in [1.165, 1.54) is 19.4 Å². The molecule has 0 radical (unpaired) electrons. The van der Waals surface area contributed by atoms with Gasteiger partial charge in [-0.15, -0.1) is 0 Å². The summed E-state index contributed by atoms with van der Waals surface area (Å²) in [4.78, 5) is 15.7. The molecule has 0 aliphatic carbocycles. The molecule has 0 bridgehead atoms. The van der Waals surface area contributed by atoms with E-state index in [-0.39, 0.29) is 17.1 Å². The number of hydrogen-bond donors (Lipinski definition) is 2. The van der Waals surface area contributed by atoms with Crippen molar-refractivity contribution in [1.29, 1.82) is 0 Å². The molecule has 22 heavy (non-hydrogen) atoms. The van der Waals surface area contributed by atoms with Crippen LogP contribution in [-0.4, -0.2) is 23.1 Å². The highest BCUT2D eigenvalue weighted by Gasteiger charge is 2.30. The van der Waals surface area contributed by atoms with Gasteiger partial charge >= 0.3 is 6.18 Å². The molecule has 2 N–H and O–H groups in total. The average Bonchev–Trinajstić information content (AvgIpc) is 2.47. The van der Waals surface area contributed by atoms with Crippen molar-refractivity contribution in [2.24, 2.45) is 0 Å². The van der Waals surface area contributed by atoms with Crippen LogP contribution in [0.15, 0.2) is 36.5 Å². The zero-order chi connectivity index (χ0) is 16.3. The number of aromatic hydroxyl groups is 1. The molecule has 1 amide bonds. The molecular weight excluding hydrogens is 301 g/mol. The minimum Gasteiger partial charge on any atom is -0.503 e. The van der Waals surface area contributed by atoms with Crippen LogP contribution in [0.4, 0.5) is 18.9 Å². The van der Waals surface area contributed by atoms with Gasteiger partial charge in [-0.2, -0.15) is 13.2 Å². The van der Waals surface area contributed by atoms with Crippen LogP contribution < -0.4 is 10.1 Å². The van der Waals surface area contributed by atoms with Crippen molar-refractivity contribution in [3.63, 3.8) is 0 Å². The Morgan fingerprint density at radius 3 is 2.41 bits per heavy atom. The molecule has 0 aliphatic heterocycles. The van der Waals surface area contributed by atoms with E-state index < -0.39 is 23.4 Å². The third-order valence-electron chi connectivity index (χ3n) is 2.79. The van der Waals surface area contributed by atoms with Crippen LogP contribution in [-0.2, 0) is 6.18 Å². The summed E-state index contributed by atoms with van der Waals surface area (Å²) in [7, 11) is 1.31. The Labute approximate surface area is 123 Å². The molecular formula is C14H11F3N2O3. The first-order valence-electron chi connectivity index (χ1n) is 6.03. The van der Waals surface area contributed by atoms with E-state index >= 15 is 0 Å². The molecule has 0 fully saturated rings. The molecule has 5 nitrogen and oxygen atoms in total. The van der Waals surface area contributed by atoms with E-state index in [1.807, 2.05) is 0 Å². The van der Waals surface area contributed by atoms with E-state index in [9.17, 15) is 23.1 Å². The lowest BCUT2D eigenvalue weighted by atomic mass is 10.2. The van der Waals surface area contributed by atoms with Crippen LogP contribution in [0.5, 0.6) is 11.5 Å². The van der Waals surface area contributed by atoms with Gasteiger partial charge in [0.05, 0.1) is 12.7 Å². The second-order valence-electron chi connectivity index (χ2n) is 4.24. The third kappa shape index (κ3) is 3.27. The SMILES string of the molecule is COc1ccnc(C(=O)Nc2ccc(C(F)(F)F)cc2)c1O. The monoisotopic (exact) mass is 312 g/mol. The first-order chi connectivity index (χ1) is 10.3. The van der Waals surface area contributed by atoms with Gasteiger partial charge in [-0.1, -0.05) is 0 Å². The molecule has 1 aromatic heterocycles. The summed E-state index contributed by atoms with van der Waals surface area (Å²) in [5, 5.41) is 12.1. The van der Waals surface area contributed by atoms with Crippen LogP contribution in [0.1, 0.15) is 16.1 Å². The summed E-state index contributed by atoms with van der Waals surface area (Å²) < 4.78 is 42.2. The summed E-state index contributed by atoms with van der Waals surface area (Å²) in [6, 6.07) is 5.27. The minimum atomic E-state index is -4.45. The predicted molar refractivity (Wildman–Crippen MR) is 71.9 cm³/mol. The lowest BCUT2D eigenvalue weighted by Gasteiger charge is -2.10. The predicted octanol–water partition coefficient (Wildman–Crippen LogP) is 3.07. The van der Waals surface area contributed by atoms with E-state index in [0.29, 0.717) is 0 Å². The molecule has 0 saturated carbocycles. The van der Waals surface area contributed by atoms with Crippen molar-refractivity contribution in [2.45, 2.75) is 6.18 Å². The Bertz CT molecular complexity index is 685. The summed E-state index contributed by atoms with van der Waals surface area (Å²) in [6.45, 7) is 0. The largest absolute Gasteiger partial charge is 0.503 e. The fraction of sp³-hybridized carbons (Fsp3) is 0.143. The van der Waals surface area contributed by atoms with Crippen LogP contribution in [0.25, 0.3) is 0 Å². The number of amides is 1. The number of hydrogen-bond acceptors (Lipinski definition) is 4. The standard InChI is InChI=1S/C14H11F3N2O3/c1-22-10-6-7-18-11(12(10)20)13(21)19-9-4-2-8(3-5-9)14(15,16)17/h2-7,20H,1H3,(H,19,21). The molecule has 0 saturated heterocycles. The number of anilines is 1. The van der Waals surface area contributed by atoms with Gasteiger partial charge in [0.2, 0.25) is 0 Å². The highest BCUT2D eigenvalue weighted by Crippen LogP contribution is 2.30. The quantitative estimate of drug-likeness (QED) is 0.913. The Hall–Kier alpha value is -2.77. The van der Waals surface area contributed by atoms with Crippen molar-refractivity contribution in [3.05, 3.63) is 47.8 Å². The van der Waals surface area contributed by atoms with Gasteiger partial charge in [0.1, 0.15) is 0 Å². The third-order valence-corrected chi connectivity index (χ3v) is 2.79. The molecule has 1 aromatic carbocycles. The molecule has 0 spiro atoms. The molecule has 0 atom stereocenters. The first kappa shape index (κ1) is 15.6. The van der Waals surface area contributed by atoms with Gasteiger partial charge in [0.25, 0.3) is 5.91 Å². The van der Waals surface area contributed by atoms with Crippen molar-refractivity contribution in [1.82, 2.24) is 4.98 Å². The number of rotatable bonds is 3. The van der Waals surface area contributed by atoms with E-state index in [0.717, 1.165) is 24.3 Å². The summed E-state index contributed by atoms with van der Waals surface area (Å²) >= 11 is 0. The maximum atomic E-state index is 12.4. The molecule has 1 heterocycles. The highest BCUT2D eigenvalue weighted by atomic mass is 19.4. The smallest absolute Gasteiger partial charge is 0.416 e. The van der Waals surface area contributed by atoms with Crippen LogP contribution in [0, 0.1) is 0 Å². The fourth-order valence-electron chi connectivity index (χ4n) is 1.70. The van der Waals surface area contributed by atoms with Gasteiger partial charge in [0.15, 0.2) is 17.2 Å². The van der Waals surface area contributed by atoms with E-state index in [2.05, 4.69) is 10.3 Å². The number of aromatic nitrogens is 1. The molecule has 0 unspecified atom stereocenters. The lowest BCUT2D eigenvalue weighted by molar-refractivity contribution is -0.137. The number of halogens is 3. The number of ether oxygens (including phenoxy) is 1. The maximum Gasteiger partial charge on any atom is 0.416 e. The topological polar surface area (TPSA) is 71.5 Å². The highest BCUT2D eigenvalue weighted by molar-refractivity contribution is 6.05. The molecule has 2 aromatic rings. The minimum absolute atomic E-state index is 0.0626. The summed E-state index contributed by atoms with van der Waals surface area (Å²) in [5.74, 6) is -1.15. The number of nitrogens with one attached hydrogen (secondary N) is 1. The Balaban J connectivity index is 2.19. The normalized spacial score (nSPS) is 11.1. The Kier molecular flexibility index (Phi) is 4.20. The van der Waals surface area contributed by atoms with Gasteiger partial charge in [-0.3, -0.25) is 4.79 Å². The number of carbonyl (C=O) groups excluding carboxylic acids is 1. The van der Waals surface area contributed by atoms with Crippen LogP contribution in [0.2, 0.25) is 0 Å².